The molecule has 1 unspecified atom stereocenters. The largest absolute Gasteiger partial charge is 0.311 e. The first kappa shape index (κ1) is 13.1. The van der Waals surface area contributed by atoms with Crippen molar-refractivity contribution >= 4 is 15.9 Å². The Kier molecular flexibility index (Phi) is 4.26. The zero-order valence-electron chi connectivity index (χ0n) is 10.9. The van der Waals surface area contributed by atoms with Crippen LogP contribution in [0.25, 0.3) is 0 Å². The molecule has 1 aromatic rings. The smallest absolute Gasteiger partial charge is 0.0178 e. The Morgan fingerprint density at radius 1 is 1.24 bits per heavy atom. The molecule has 1 N–H and O–H groups in total. The molecule has 0 spiro atoms. The summed E-state index contributed by atoms with van der Waals surface area (Å²) < 4.78 is 1.20. The van der Waals surface area contributed by atoms with Crippen LogP contribution >= 0.6 is 15.9 Å². The van der Waals surface area contributed by atoms with Gasteiger partial charge in [-0.05, 0) is 49.3 Å². The molecule has 2 heteroatoms. The topological polar surface area (TPSA) is 12.0 Å². The fourth-order valence-corrected chi connectivity index (χ4v) is 2.77. The third-order valence-corrected chi connectivity index (χ3v) is 4.45. The molecular formula is C15H22BrN. The molecule has 1 nitrogen and oxygen atoms in total. The summed E-state index contributed by atoms with van der Waals surface area (Å²) in [5, 5.41) is 3.72. The average molecular weight is 296 g/mol. The molecule has 17 heavy (non-hydrogen) atoms. The van der Waals surface area contributed by atoms with Gasteiger partial charge in [0.15, 0.2) is 0 Å². The van der Waals surface area contributed by atoms with Crippen molar-refractivity contribution in [3.8, 4) is 0 Å². The van der Waals surface area contributed by atoms with Gasteiger partial charge in [-0.3, -0.25) is 0 Å². The predicted octanol–water partition coefficient (Wildman–Crippen LogP) is 4.33. The second-order valence-corrected chi connectivity index (χ2v) is 6.54. The third-order valence-electron chi connectivity index (χ3n) is 3.96. The highest BCUT2D eigenvalue weighted by atomic mass is 79.9. The van der Waals surface area contributed by atoms with E-state index in [1.165, 1.54) is 22.9 Å². The zero-order chi connectivity index (χ0) is 12.4. The van der Waals surface area contributed by atoms with Crippen LogP contribution in [0.5, 0.6) is 0 Å². The van der Waals surface area contributed by atoms with Crippen molar-refractivity contribution < 1.29 is 0 Å². The van der Waals surface area contributed by atoms with Gasteiger partial charge in [0.1, 0.15) is 0 Å². The van der Waals surface area contributed by atoms with E-state index in [1.807, 2.05) is 0 Å². The van der Waals surface area contributed by atoms with E-state index in [1.54, 1.807) is 0 Å². The molecule has 0 radical (unpaired) electrons. The summed E-state index contributed by atoms with van der Waals surface area (Å²) in [5.41, 5.74) is 1.48. The molecule has 1 aliphatic rings. The SMILES string of the molecule is CC(C)C(C)NC1CC(c2cccc(Br)c2)C1. The molecule has 1 fully saturated rings. The molecule has 0 saturated heterocycles. The minimum atomic E-state index is 0.628. The Bertz CT molecular complexity index is 369. The van der Waals surface area contributed by atoms with E-state index < -0.39 is 0 Å². The molecule has 1 atom stereocenters. The van der Waals surface area contributed by atoms with Crippen molar-refractivity contribution in [2.45, 2.75) is 51.6 Å². The van der Waals surface area contributed by atoms with E-state index in [-0.39, 0.29) is 0 Å². The zero-order valence-corrected chi connectivity index (χ0v) is 12.5. The van der Waals surface area contributed by atoms with Gasteiger partial charge in [0, 0.05) is 16.6 Å². The molecule has 0 aliphatic heterocycles. The summed E-state index contributed by atoms with van der Waals surface area (Å²) in [6, 6.07) is 10.1. The van der Waals surface area contributed by atoms with Crippen molar-refractivity contribution in [1.82, 2.24) is 5.32 Å². The molecule has 1 saturated carbocycles. The maximum atomic E-state index is 3.72. The molecule has 1 aromatic carbocycles. The van der Waals surface area contributed by atoms with Gasteiger partial charge in [-0.15, -0.1) is 0 Å². The van der Waals surface area contributed by atoms with Gasteiger partial charge < -0.3 is 5.32 Å². The molecule has 1 aliphatic carbocycles. The van der Waals surface area contributed by atoms with E-state index in [9.17, 15) is 0 Å². The van der Waals surface area contributed by atoms with E-state index >= 15 is 0 Å². The van der Waals surface area contributed by atoms with Crippen molar-refractivity contribution in [1.29, 1.82) is 0 Å². The molecule has 0 bridgehead atoms. The number of benzene rings is 1. The van der Waals surface area contributed by atoms with Gasteiger partial charge in [0.25, 0.3) is 0 Å². The summed E-state index contributed by atoms with van der Waals surface area (Å²) in [6.07, 6.45) is 2.57. The predicted molar refractivity (Wildman–Crippen MR) is 77.3 cm³/mol. The molecular weight excluding hydrogens is 274 g/mol. The summed E-state index contributed by atoms with van der Waals surface area (Å²) in [5.74, 6) is 1.48. The van der Waals surface area contributed by atoms with Gasteiger partial charge >= 0.3 is 0 Å². The minimum Gasteiger partial charge on any atom is -0.311 e. The molecule has 2 rings (SSSR count). The lowest BCUT2D eigenvalue weighted by atomic mass is 9.75. The summed E-state index contributed by atoms with van der Waals surface area (Å²) >= 11 is 3.54. The normalized spacial score (nSPS) is 25.7. The Hall–Kier alpha value is -0.340. The quantitative estimate of drug-likeness (QED) is 0.872. The van der Waals surface area contributed by atoms with Crippen LogP contribution in [-0.4, -0.2) is 12.1 Å². The standard InChI is InChI=1S/C15H22BrN/c1-10(2)11(3)17-15-8-13(9-15)12-5-4-6-14(16)7-12/h4-7,10-11,13,15,17H,8-9H2,1-3H3. The van der Waals surface area contributed by atoms with Crippen molar-refractivity contribution in [2.24, 2.45) is 5.92 Å². The monoisotopic (exact) mass is 295 g/mol. The first-order valence-corrected chi connectivity index (χ1v) is 7.37. The van der Waals surface area contributed by atoms with Crippen LogP contribution < -0.4 is 5.32 Å². The minimum absolute atomic E-state index is 0.628. The van der Waals surface area contributed by atoms with Crippen LogP contribution in [0.15, 0.2) is 28.7 Å². The molecule has 94 valence electrons. The Labute approximate surface area is 113 Å². The summed E-state index contributed by atoms with van der Waals surface area (Å²) in [4.78, 5) is 0. The van der Waals surface area contributed by atoms with Crippen LogP contribution in [0, 0.1) is 5.92 Å². The Morgan fingerprint density at radius 2 is 1.94 bits per heavy atom. The highest BCUT2D eigenvalue weighted by molar-refractivity contribution is 9.10. The average Bonchev–Trinajstić information content (AvgIpc) is 2.22. The first-order chi connectivity index (χ1) is 8.06. The van der Waals surface area contributed by atoms with Gasteiger partial charge in [-0.1, -0.05) is 41.9 Å². The second kappa shape index (κ2) is 5.53. The van der Waals surface area contributed by atoms with Crippen molar-refractivity contribution in [3.63, 3.8) is 0 Å². The maximum absolute atomic E-state index is 3.72. The third kappa shape index (κ3) is 3.32. The van der Waals surface area contributed by atoms with Gasteiger partial charge in [-0.25, -0.2) is 0 Å². The van der Waals surface area contributed by atoms with Crippen LogP contribution in [-0.2, 0) is 0 Å². The van der Waals surface area contributed by atoms with Gasteiger partial charge in [0.05, 0.1) is 0 Å². The van der Waals surface area contributed by atoms with E-state index in [4.69, 9.17) is 0 Å². The van der Waals surface area contributed by atoms with E-state index in [0.717, 1.165) is 17.9 Å². The van der Waals surface area contributed by atoms with Crippen LogP contribution in [0.3, 0.4) is 0 Å². The van der Waals surface area contributed by atoms with Crippen molar-refractivity contribution in [2.75, 3.05) is 0 Å². The number of halogens is 1. The number of hydrogen-bond acceptors (Lipinski definition) is 1. The Morgan fingerprint density at radius 3 is 2.53 bits per heavy atom. The lowest BCUT2D eigenvalue weighted by Crippen LogP contribution is -2.46. The van der Waals surface area contributed by atoms with E-state index in [0.29, 0.717) is 6.04 Å². The Balaban J connectivity index is 1.83. The fraction of sp³-hybridized carbons (Fsp3) is 0.600. The van der Waals surface area contributed by atoms with Gasteiger partial charge in [-0.2, -0.15) is 0 Å². The lowest BCUT2D eigenvalue weighted by molar-refractivity contribution is 0.248. The maximum Gasteiger partial charge on any atom is 0.0178 e. The highest BCUT2D eigenvalue weighted by Gasteiger charge is 2.31. The first-order valence-electron chi connectivity index (χ1n) is 6.57. The summed E-state index contributed by atoms with van der Waals surface area (Å²) in [6.45, 7) is 6.85. The number of hydrogen-bond donors (Lipinski definition) is 1. The summed E-state index contributed by atoms with van der Waals surface area (Å²) in [7, 11) is 0. The van der Waals surface area contributed by atoms with Crippen LogP contribution in [0.1, 0.15) is 45.1 Å². The number of nitrogens with one attached hydrogen (secondary N) is 1. The highest BCUT2D eigenvalue weighted by Crippen LogP contribution is 2.38. The lowest BCUT2D eigenvalue weighted by Gasteiger charge is -2.39. The second-order valence-electron chi connectivity index (χ2n) is 5.62. The molecule has 0 aromatic heterocycles. The van der Waals surface area contributed by atoms with Crippen molar-refractivity contribution in [3.05, 3.63) is 34.3 Å². The fourth-order valence-electron chi connectivity index (χ4n) is 2.35. The van der Waals surface area contributed by atoms with E-state index in [2.05, 4.69) is 66.3 Å². The molecule has 0 heterocycles. The van der Waals surface area contributed by atoms with Gasteiger partial charge in [0.2, 0.25) is 0 Å². The van der Waals surface area contributed by atoms with Crippen LogP contribution in [0.4, 0.5) is 0 Å². The number of rotatable bonds is 4. The molecule has 0 amide bonds. The van der Waals surface area contributed by atoms with Crippen LogP contribution in [0.2, 0.25) is 0 Å².